The summed E-state index contributed by atoms with van der Waals surface area (Å²) in [5.41, 5.74) is 1.30. The molecule has 128 valence electrons. The minimum atomic E-state index is -3.25. The number of carbonyl (C=O) groups excluding carboxylic acids is 1. The van der Waals surface area contributed by atoms with E-state index in [1.54, 1.807) is 40.2 Å². The van der Waals surface area contributed by atoms with Gasteiger partial charge in [-0.05, 0) is 25.1 Å². The third-order valence-corrected chi connectivity index (χ3v) is 5.45. The summed E-state index contributed by atoms with van der Waals surface area (Å²) < 4.78 is 26.5. The van der Waals surface area contributed by atoms with E-state index in [2.05, 4.69) is 10.3 Å². The molecule has 24 heavy (non-hydrogen) atoms. The Labute approximate surface area is 140 Å². The molecule has 0 N–H and O–H groups in total. The first kappa shape index (κ1) is 16.6. The summed E-state index contributed by atoms with van der Waals surface area (Å²) in [5, 5.41) is 7.68. The van der Waals surface area contributed by atoms with Crippen LogP contribution in [0.5, 0.6) is 0 Å². The fraction of sp³-hybridized carbons (Fsp3) is 0.400. The first-order valence-corrected chi connectivity index (χ1v) is 9.44. The standard InChI is InChI=1S/C15H19N5O3S/c1-12-11-18(8-9-20(12)24(2,22)23)15(21)13-4-3-5-14(10-13)19-7-6-16-17-19/h3-7,10,12H,8-9,11H2,1-2H3/t12-/m0/s1. The molecule has 1 aromatic carbocycles. The van der Waals surface area contributed by atoms with E-state index in [0.717, 1.165) is 5.69 Å². The van der Waals surface area contributed by atoms with Crippen LogP contribution in [0.4, 0.5) is 0 Å². The Bertz CT molecular complexity index is 835. The van der Waals surface area contributed by atoms with E-state index in [1.165, 1.54) is 10.6 Å². The van der Waals surface area contributed by atoms with Crippen molar-refractivity contribution in [3.05, 3.63) is 42.2 Å². The van der Waals surface area contributed by atoms with Gasteiger partial charge < -0.3 is 4.90 Å². The molecule has 8 nitrogen and oxygen atoms in total. The minimum Gasteiger partial charge on any atom is -0.336 e. The molecule has 2 aromatic rings. The summed E-state index contributed by atoms with van der Waals surface area (Å²) >= 11 is 0. The zero-order chi connectivity index (χ0) is 17.3. The average molecular weight is 349 g/mol. The molecule has 1 aromatic heterocycles. The highest BCUT2D eigenvalue weighted by Crippen LogP contribution is 2.17. The van der Waals surface area contributed by atoms with Crippen LogP contribution in [0, 0.1) is 0 Å². The Morgan fingerprint density at radius 2 is 2.08 bits per heavy atom. The molecule has 1 atom stereocenters. The van der Waals surface area contributed by atoms with Gasteiger partial charge in [0.05, 0.1) is 24.3 Å². The number of carbonyl (C=O) groups is 1. The number of sulfonamides is 1. The quantitative estimate of drug-likeness (QED) is 0.799. The van der Waals surface area contributed by atoms with Crippen molar-refractivity contribution in [3.8, 4) is 5.69 Å². The lowest BCUT2D eigenvalue weighted by Gasteiger charge is -2.38. The maximum absolute atomic E-state index is 12.7. The average Bonchev–Trinajstić information content (AvgIpc) is 3.07. The van der Waals surface area contributed by atoms with Crippen LogP contribution >= 0.6 is 0 Å². The SMILES string of the molecule is C[C@H]1CN(C(=O)c2cccc(-n3ccnn3)c2)CCN1S(C)(=O)=O. The van der Waals surface area contributed by atoms with Gasteiger partial charge in [0.15, 0.2) is 0 Å². The van der Waals surface area contributed by atoms with Crippen LogP contribution in [0.3, 0.4) is 0 Å². The molecule has 0 saturated carbocycles. The summed E-state index contributed by atoms with van der Waals surface area (Å²) in [7, 11) is -3.25. The molecule has 3 rings (SSSR count). The zero-order valence-corrected chi connectivity index (χ0v) is 14.3. The van der Waals surface area contributed by atoms with Crippen LogP contribution < -0.4 is 0 Å². The van der Waals surface area contributed by atoms with E-state index in [-0.39, 0.29) is 11.9 Å². The Hall–Kier alpha value is -2.26. The third-order valence-electron chi connectivity index (χ3n) is 4.06. The maximum atomic E-state index is 12.7. The number of hydrogen-bond acceptors (Lipinski definition) is 5. The topological polar surface area (TPSA) is 88.4 Å². The second-order valence-electron chi connectivity index (χ2n) is 5.87. The van der Waals surface area contributed by atoms with Crippen LogP contribution in [0.25, 0.3) is 5.69 Å². The molecular formula is C15H19N5O3S. The van der Waals surface area contributed by atoms with E-state index >= 15 is 0 Å². The molecule has 0 unspecified atom stereocenters. The van der Waals surface area contributed by atoms with Crippen LogP contribution in [-0.4, -0.2) is 70.5 Å². The predicted octanol–water partition coefficient (Wildman–Crippen LogP) is 0.373. The zero-order valence-electron chi connectivity index (χ0n) is 13.5. The van der Waals surface area contributed by atoms with Crippen LogP contribution in [0.15, 0.2) is 36.7 Å². The summed E-state index contributed by atoms with van der Waals surface area (Å²) in [6.45, 7) is 2.88. The third kappa shape index (κ3) is 3.31. The second kappa shape index (κ2) is 6.33. The van der Waals surface area contributed by atoms with Crippen molar-refractivity contribution in [1.82, 2.24) is 24.2 Å². The number of rotatable bonds is 3. The predicted molar refractivity (Wildman–Crippen MR) is 88.3 cm³/mol. The fourth-order valence-corrected chi connectivity index (χ4v) is 4.06. The monoisotopic (exact) mass is 349 g/mol. The van der Waals surface area contributed by atoms with Gasteiger partial charge in [-0.1, -0.05) is 11.3 Å². The highest BCUT2D eigenvalue weighted by molar-refractivity contribution is 7.88. The van der Waals surface area contributed by atoms with Crippen LogP contribution in [0.1, 0.15) is 17.3 Å². The molecule has 1 aliphatic heterocycles. The largest absolute Gasteiger partial charge is 0.336 e. The van der Waals surface area contributed by atoms with Crippen molar-refractivity contribution in [2.45, 2.75) is 13.0 Å². The van der Waals surface area contributed by atoms with Gasteiger partial charge in [-0.15, -0.1) is 5.10 Å². The Kier molecular flexibility index (Phi) is 4.37. The van der Waals surface area contributed by atoms with Gasteiger partial charge in [-0.25, -0.2) is 13.1 Å². The van der Waals surface area contributed by atoms with Crippen molar-refractivity contribution in [1.29, 1.82) is 0 Å². The Morgan fingerprint density at radius 3 is 2.71 bits per heavy atom. The van der Waals surface area contributed by atoms with Crippen molar-refractivity contribution in [2.24, 2.45) is 0 Å². The van der Waals surface area contributed by atoms with Crippen molar-refractivity contribution in [2.75, 3.05) is 25.9 Å². The molecule has 2 heterocycles. The van der Waals surface area contributed by atoms with Gasteiger partial charge in [0.25, 0.3) is 5.91 Å². The molecule has 9 heteroatoms. The lowest BCUT2D eigenvalue weighted by atomic mass is 10.1. The van der Waals surface area contributed by atoms with Gasteiger partial charge >= 0.3 is 0 Å². The highest BCUT2D eigenvalue weighted by atomic mass is 32.2. The second-order valence-corrected chi connectivity index (χ2v) is 7.81. The summed E-state index contributed by atoms with van der Waals surface area (Å²) in [6, 6.07) is 6.90. The molecule has 1 amide bonds. The van der Waals surface area contributed by atoms with Crippen LogP contribution in [0.2, 0.25) is 0 Å². The van der Waals surface area contributed by atoms with E-state index in [9.17, 15) is 13.2 Å². The number of amides is 1. The van der Waals surface area contributed by atoms with Gasteiger partial charge in [0, 0.05) is 31.2 Å². The lowest BCUT2D eigenvalue weighted by Crippen LogP contribution is -2.55. The summed E-state index contributed by atoms with van der Waals surface area (Å²) in [6.07, 6.45) is 4.47. The van der Waals surface area contributed by atoms with E-state index in [1.807, 2.05) is 13.0 Å². The number of piperazine rings is 1. The van der Waals surface area contributed by atoms with Gasteiger partial charge in [-0.3, -0.25) is 4.79 Å². The minimum absolute atomic E-state index is 0.114. The smallest absolute Gasteiger partial charge is 0.254 e. The number of benzene rings is 1. The molecule has 1 saturated heterocycles. The van der Waals surface area contributed by atoms with Crippen LogP contribution in [-0.2, 0) is 10.0 Å². The first-order valence-electron chi connectivity index (χ1n) is 7.59. The normalized spacial score (nSPS) is 19.4. The Morgan fingerprint density at radius 1 is 1.29 bits per heavy atom. The number of aromatic nitrogens is 3. The molecule has 0 aliphatic carbocycles. The van der Waals surface area contributed by atoms with Crippen molar-refractivity contribution in [3.63, 3.8) is 0 Å². The molecule has 0 bridgehead atoms. The van der Waals surface area contributed by atoms with E-state index in [4.69, 9.17) is 0 Å². The molecule has 1 fully saturated rings. The molecular weight excluding hydrogens is 330 g/mol. The Balaban J connectivity index is 1.77. The van der Waals surface area contributed by atoms with Crippen molar-refractivity contribution < 1.29 is 13.2 Å². The van der Waals surface area contributed by atoms with Gasteiger partial charge in [0.1, 0.15) is 0 Å². The van der Waals surface area contributed by atoms with Crippen molar-refractivity contribution >= 4 is 15.9 Å². The molecule has 1 aliphatic rings. The molecule has 0 spiro atoms. The fourth-order valence-electron chi connectivity index (χ4n) is 2.93. The van der Waals surface area contributed by atoms with E-state index < -0.39 is 10.0 Å². The molecule has 0 radical (unpaired) electrons. The maximum Gasteiger partial charge on any atom is 0.254 e. The highest BCUT2D eigenvalue weighted by Gasteiger charge is 2.32. The summed E-state index contributed by atoms with van der Waals surface area (Å²) in [4.78, 5) is 14.4. The first-order chi connectivity index (χ1) is 11.4. The van der Waals surface area contributed by atoms with Gasteiger partial charge in [-0.2, -0.15) is 4.31 Å². The number of hydrogen-bond donors (Lipinski definition) is 0. The summed E-state index contributed by atoms with van der Waals surface area (Å²) in [5.74, 6) is -0.114. The lowest BCUT2D eigenvalue weighted by molar-refractivity contribution is 0.0643. The number of nitrogens with zero attached hydrogens (tertiary/aromatic N) is 5. The van der Waals surface area contributed by atoms with Gasteiger partial charge in [0.2, 0.25) is 10.0 Å². The van der Waals surface area contributed by atoms with E-state index in [0.29, 0.717) is 25.2 Å².